The van der Waals surface area contributed by atoms with Gasteiger partial charge in [-0.1, -0.05) is 0 Å². The fraction of sp³-hybridized carbons (Fsp3) is 0.385. The van der Waals surface area contributed by atoms with Crippen LogP contribution in [0, 0.1) is 0 Å². The van der Waals surface area contributed by atoms with E-state index in [9.17, 15) is 4.79 Å². The molecule has 1 unspecified atom stereocenters. The molecule has 2 amide bonds. The molecule has 7 nitrogen and oxygen atoms in total. The molecular formula is C13H19N5O2. The number of furan rings is 1. The third-order valence-electron chi connectivity index (χ3n) is 2.91. The van der Waals surface area contributed by atoms with Gasteiger partial charge in [-0.2, -0.15) is 5.10 Å². The first-order chi connectivity index (χ1) is 9.56. The highest BCUT2D eigenvalue weighted by molar-refractivity contribution is 5.88. The van der Waals surface area contributed by atoms with E-state index < -0.39 is 0 Å². The summed E-state index contributed by atoms with van der Waals surface area (Å²) >= 11 is 0. The second-order valence-electron chi connectivity index (χ2n) is 4.70. The number of carbonyl (C=O) groups excluding carboxylic acids is 1. The Bertz CT molecular complexity index is 547. The molecule has 2 aromatic heterocycles. The smallest absolute Gasteiger partial charge is 0.320 e. The molecule has 0 aromatic carbocycles. The Hall–Kier alpha value is -2.28. The van der Waals surface area contributed by atoms with Crippen molar-refractivity contribution in [2.75, 3.05) is 26.0 Å². The van der Waals surface area contributed by atoms with Crippen LogP contribution in [0.5, 0.6) is 0 Å². The Morgan fingerprint density at radius 3 is 2.85 bits per heavy atom. The highest BCUT2D eigenvalue weighted by atomic mass is 16.3. The van der Waals surface area contributed by atoms with E-state index in [2.05, 4.69) is 15.7 Å². The molecule has 2 N–H and O–H groups in total. The SMILES string of the molecule is CN(C)C(CNC(=O)Nc1ccn(C)n1)c1ccco1. The summed E-state index contributed by atoms with van der Waals surface area (Å²) in [5.41, 5.74) is 0. The number of amides is 2. The van der Waals surface area contributed by atoms with E-state index in [-0.39, 0.29) is 12.1 Å². The molecule has 0 saturated carbocycles. The van der Waals surface area contributed by atoms with Crippen LogP contribution in [-0.4, -0.2) is 41.4 Å². The number of hydrogen-bond donors (Lipinski definition) is 2. The third-order valence-corrected chi connectivity index (χ3v) is 2.91. The van der Waals surface area contributed by atoms with Gasteiger partial charge in [-0.15, -0.1) is 0 Å². The van der Waals surface area contributed by atoms with Gasteiger partial charge in [0.15, 0.2) is 5.82 Å². The summed E-state index contributed by atoms with van der Waals surface area (Å²) in [6.07, 6.45) is 3.39. The van der Waals surface area contributed by atoms with Crippen LogP contribution in [0.1, 0.15) is 11.8 Å². The van der Waals surface area contributed by atoms with Crippen molar-refractivity contribution in [3.63, 3.8) is 0 Å². The lowest BCUT2D eigenvalue weighted by atomic mass is 10.2. The second-order valence-corrected chi connectivity index (χ2v) is 4.70. The Balaban J connectivity index is 1.88. The first kappa shape index (κ1) is 14.1. The predicted molar refractivity (Wildman–Crippen MR) is 75.4 cm³/mol. The van der Waals surface area contributed by atoms with Gasteiger partial charge in [0.2, 0.25) is 0 Å². The van der Waals surface area contributed by atoms with Crippen LogP contribution in [0.2, 0.25) is 0 Å². The van der Waals surface area contributed by atoms with Crippen LogP contribution in [0.25, 0.3) is 0 Å². The van der Waals surface area contributed by atoms with Crippen molar-refractivity contribution in [2.45, 2.75) is 6.04 Å². The molecule has 0 radical (unpaired) electrons. The van der Waals surface area contributed by atoms with E-state index in [1.165, 1.54) is 0 Å². The van der Waals surface area contributed by atoms with Gasteiger partial charge in [-0.3, -0.25) is 14.9 Å². The van der Waals surface area contributed by atoms with Gasteiger partial charge < -0.3 is 9.73 Å². The molecule has 0 saturated heterocycles. The number of likely N-dealkylation sites (N-methyl/N-ethyl adjacent to an activating group) is 1. The zero-order valence-corrected chi connectivity index (χ0v) is 11.8. The fourth-order valence-corrected chi connectivity index (χ4v) is 1.85. The molecule has 0 fully saturated rings. The minimum Gasteiger partial charge on any atom is -0.468 e. The lowest BCUT2D eigenvalue weighted by Gasteiger charge is -2.22. The summed E-state index contributed by atoms with van der Waals surface area (Å²) in [5.74, 6) is 1.33. The van der Waals surface area contributed by atoms with E-state index in [1.807, 2.05) is 31.1 Å². The molecule has 0 aliphatic rings. The Labute approximate surface area is 117 Å². The summed E-state index contributed by atoms with van der Waals surface area (Å²) in [7, 11) is 5.67. The van der Waals surface area contributed by atoms with Crippen molar-refractivity contribution in [2.24, 2.45) is 7.05 Å². The number of aryl methyl sites for hydroxylation is 1. The molecule has 2 heterocycles. The molecule has 2 aromatic rings. The van der Waals surface area contributed by atoms with Crippen LogP contribution < -0.4 is 10.6 Å². The first-order valence-electron chi connectivity index (χ1n) is 6.30. The van der Waals surface area contributed by atoms with Crippen molar-refractivity contribution in [1.82, 2.24) is 20.0 Å². The predicted octanol–water partition coefficient (Wildman–Crippen LogP) is 1.44. The minimum absolute atomic E-state index is 0.0144. The number of hydrogen-bond acceptors (Lipinski definition) is 4. The largest absolute Gasteiger partial charge is 0.468 e. The van der Waals surface area contributed by atoms with Gasteiger partial charge in [0.1, 0.15) is 5.76 Å². The molecule has 0 aliphatic carbocycles. The average molecular weight is 277 g/mol. The zero-order chi connectivity index (χ0) is 14.5. The molecule has 7 heteroatoms. The number of aromatic nitrogens is 2. The van der Waals surface area contributed by atoms with Gasteiger partial charge >= 0.3 is 6.03 Å². The van der Waals surface area contributed by atoms with Crippen molar-refractivity contribution < 1.29 is 9.21 Å². The number of anilines is 1. The normalized spacial score (nSPS) is 12.4. The Kier molecular flexibility index (Phi) is 4.41. The highest BCUT2D eigenvalue weighted by Crippen LogP contribution is 2.17. The van der Waals surface area contributed by atoms with Crippen LogP contribution in [0.15, 0.2) is 35.1 Å². The molecule has 0 bridgehead atoms. The quantitative estimate of drug-likeness (QED) is 0.867. The van der Waals surface area contributed by atoms with Gasteiger partial charge in [0.05, 0.1) is 12.3 Å². The van der Waals surface area contributed by atoms with E-state index in [1.54, 1.807) is 30.3 Å². The van der Waals surface area contributed by atoms with Crippen LogP contribution in [-0.2, 0) is 7.05 Å². The minimum atomic E-state index is -0.290. The Morgan fingerprint density at radius 1 is 1.50 bits per heavy atom. The van der Waals surface area contributed by atoms with Crippen LogP contribution in [0.3, 0.4) is 0 Å². The molecule has 2 rings (SSSR count). The van der Waals surface area contributed by atoms with E-state index >= 15 is 0 Å². The van der Waals surface area contributed by atoms with Gasteiger partial charge in [-0.25, -0.2) is 4.79 Å². The van der Waals surface area contributed by atoms with E-state index in [0.29, 0.717) is 12.4 Å². The fourth-order valence-electron chi connectivity index (χ4n) is 1.85. The van der Waals surface area contributed by atoms with Crippen molar-refractivity contribution >= 4 is 11.8 Å². The highest BCUT2D eigenvalue weighted by Gasteiger charge is 2.17. The molecule has 0 aliphatic heterocycles. The molecule has 0 spiro atoms. The molecular weight excluding hydrogens is 258 g/mol. The number of urea groups is 1. The lowest BCUT2D eigenvalue weighted by molar-refractivity contribution is 0.233. The van der Waals surface area contributed by atoms with Gasteiger partial charge in [0.25, 0.3) is 0 Å². The molecule has 20 heavy (non-hydrogen) atoms. The summed E-state index contributed by atoms with van der Waals surface area (Å²) in [4.78, 5) is 13.8. The van der Waals surface area contributed by atoms with Crippen molar-refractivity contribution in [3.05, 3.63) is 36.4 Å². The number of nitrogens with zero attached hydrogens (tertiary/aromatic N) is 3. The van der Waals surface area contributed by atoms with E-state index in [0.717, 1.165) is 5.76 Å². The number of nitrogens with one attached hydrogen (secondary N) is 2. The number of rotatable bonds is 5. The van der Waals surface area contributed by atoms with Crippen molar-refractivity contribution in [1.29, 1.82) is 0 Å². The maximum atomic E-state index is 11.8. The second kappa shape index (κ2) is 6.25. The van der Waals surface area contributed by atoms with Gasteiger partial charge in [-0.05, 0) is 26.2 Å². The third kappa shape index (κ3) is 3.61. The topological polar surface area (TPSA) is 75.3 Å². The maximum absolute atomic E-state index is 11.8. The monoisotopic (exact) mass is 277 g/mol. The van der Waals surface area contributed by atoms with Gasteiger partial charge in [0, 0.05) is 25.9 Å². The Morgan fingerprint density at radius 2 is 2.30 bits per heavy atom. The lowest BCUT2D eigenvalue weighted by Crippen LogP contribution is -2.36. The summed E-state index contributed by atoms with van der Waals surface area (Å²) in [5, 5.41) is 9.56. The number of carbonyl (C=O) groups is 1. The standard InChI is InChI=1S/C13H19N5O2/c1-17(2)10(11-5-4-8-20-11)9-14-13(19)15-12-6-7-18(3)16-12/h4-8,10H,9H2,1-3H3,(H2,14,15,16,19). The summed E-state index contributed by atoms with van der Waals surface area (Å²) < 4.78 is 7.01. The maximum Gasteiger partial charge on any atom is 0.320 e. The van der Waals surface area contributed by atoms with Crippen LogP contribution >= 0.6 is 0 Å². The zero-order valence-electron chi connectivity index (χ0n) is 11.8. The molecule has 1 atom stereocenters. The van der Waals surface area contributed by atoms with Crippen molar-refractivity contribution in [3.8, 4) is 0 Å². The van der Waals surface area contributed by atoms with E-state index in [4.69, 9.17) is 4.42 Å². The van der Waals surface area contributed by atoms with Crippen LogP contribution in [0.4, 0.5) is 10.6 Å². The summed E-state index contributed by atoms with van der Waals surface area (Å²) in [6, 6.07) is 5.15. The molecule has 108 valence electrons. The first-order valence-corrected chi connectivity index (χ1v) is 6.30. The average Bonchev–Trinajstić information content (AvgIpc) is 3.01. The summed E-state index contributed by atoms with van der Waals surface area (Å²) in [6.45, 7) is 0.444.